The molecule has 0 atom stereocenters. The smallest absolute Gasteiger partial charge is 0.118 e. The number of ether oxygens (including phenoxy) is 1. The van der Waals surface area contributed by atoms with Gasteiger partial charge < -0.3 is 9.84 Å². The first-order chi connectivity index (χ1) is 11.2. The van der Waals surface area contributed by atoms with Gasteiger partial charge in [-0.05, 0) is 47.7 Å². The number of pyridine rings is 1. The molecule has 0 saturated carbocycles. The van der Waals surface area contributed by atoms with Crippen molar-refractivity contribution < 1.29 is 9.84 Å². The molecule has 0 aliphatic carbocycles. The fourth-order valence-electron chi connectivity index (χ4n) is 2.75. The summed E-state index contributed by atoms with van der Waals surface area (Å²) in [4.78, 5) is 9.29. The van der Waals surface area contributed by atoms with Gasteiger partial charge in [-0.3, -0.25) is 0 Å². The molecule has 2 aromatic carbocycles. The van der Waals surface area contributed by atoms with Gasteiger partial charge in [0.2, 0.25) is 0 Å². The zero-order valence-electron chi connectivity index (χ0n) is 12.6. The number of aromatic nitrogens is 1. The van der Waals surface area contributed by atoms with E-state index in [-0.39, 0.29) is 5.75 Å². The molecular formula is C19H14N2O2. The number of rotatable bonds is 2. The Labute approximate surface area is 133 Å². The van der Waals surface area contributed by atoms with Gasteiger partial charge in [-0.15, -0.1) is 0 Å². The third-order valence-corrected chi connectivity index (χ3v) is 3.93. The first-order valence-corrected chi connectivity index (χ1v) is 7.22. The lowest BCUT2D eigenvalue weighted by Gasteiger charge is -2.05. The van der Waals surface area contributed by atoms with Crippen LogP contribution >= 0.6 is 0 Å². The molecule has 4 rings (SSSR count). The van der Waals surface area contributed by atoms with Crippen LogP contribution in [0.2, 0.25) is 0 Å². The van der Waals surface area contributed by atoms with Crippen LogP contribution in [0.5, 0.6) is 11.5 Å². The molecule has 4 heteroatoms. The molecule has 0 radical (unpaired) electrons. The summed E-state index contributed by atoms with van der Waals surface area (Å²) in [6.07, 6.45) is 0. The van der Waals surface area contributed by atoms with Crippen LogP contribution in [0.15, 0.2) is 53.5 Å². The fourth-order valence-corrected chi connectivity index (χ4v) is 2.75. The molecule has 1 aliphatic rings. The highest BCUT2D eigenvalue weighted by Gasteiger charge is 2.17. The Hall–Kier alpha value is -3.14. The van der Waals surface area contributed by atoms with Gasteiger partial charge in [0.1, 0.15) is 11.5 Å². The van der Waals surface area contributed by atoms with Crippen molar-refractivity contribution in [2.75, 3.05) is 7.11 Å². The molecular weight excluding hydrogens is 288 g/mol. The molecule has 2 heterocycles. The minimum Gasteiger partial charge on any atom is -0.508 e. The maximum absolute atomic E-state index is 9.62. The second-order valence-corrected chi connectivity index (χ2v) is 5.41. The van der Waals surface area contributed by atoms with E-state index in [2.05, 4.69) is 11.6 Å². The molecule has 0 saturated heterocycles. The maximum atomic E-state index is 9.62. The largest absolute Gasteiger partial charge is 0.508 e. The molecule has 3 aromatic rings. The molecule has 112 valence electrons. The van der Waals surface area contributed by atoms with Crippen molar-refractivity contribution in [1.82, 2.24) is 4.98 Å². The van der Waals surface area contributed by atoms with Gasteiger partial charge in [0.25, 0.3) is 0 Å². The lowest BCUT2D eigenvalue weighted by Crippen LogP contribution is -2.25. The molecule has 4 nitrogen and oxygen atoms in total. The summed E-state index contributed by atoms with van der Waals surface area (Å²) in [5.41, 5.74) is 4.28. The summed E-state index contributed by atoms with van der Waals surface area (Å²) in [6.45, 7) is 4.10. The number of fused-ring (bicyclic) bond motifs is 3. The van der Waals surface area contributed by atoms with Gasteiger partial charge in [0.05, 0.1) is 29.5 Å². The average molecular weight is 302 g/mol. The number of aromatic hydroxyl groups is 1. The zero-order chi connectivity index (χ0) is 16.0. The Morgan fingerprint density at radius 1 is 1.04 bits per heavy atom. The SMILES string of the molecule is C=c1cc(-c2ccc(OC)cc2)nc2c1=Nc1cc(O)ccc1-2. The number of hydrogen-bond donors (Lipinski definition) is 1. The normalized spacial score (nSPS) is 11.5. The lowest BCUT2D eigenvalue weighted by atomic mass is 10.1. The summed E-state index contributed by atoms with van der Waals surface area (Å²) in [6, 6.07) is 14.8. The summed E-state index contributed by atoms with van der Waals surface area (Å²) in [5, 5.41) is 11.2. The van der Waals surface area contributed by atoms with Crippen molar-refractivity contribution in [2.24, 2.45) is 4.99 Å². The van der Waals surface area contributed by atoms with E-state index >= 15 is 0 Å². The van der Waals surface area contributed by atoms with E-state index in [0.29, 0.717) is 0 Å². The van der Waals surface area contributed by atoms with Gasteiger partial charge in [0, 0.05) is 17.2 Å². The van der Waals surface area contributed by atoms with E-state index in [4.69, 9.17) is 9.72 Å². The van der Waals surface area contributed by atoms with Crippen LogP contribution in [0.4, 0.5) is 5.69 Å². The highest BCUT2D eigenvalue weighted by Crippen LogP contribution is 2.34. The summed E-state index contributed by atoms with van der Waals surface area (Å²) < 4.78 is 5.19. The molecule has 0 unspecified atom stereocenters. The van der Waals surface area contributed by atoms with E-state index in [9.17, 15) is 5.11 Å². The average Bonchev–Trinajstić information content (AvgIpc) is 2.93. The van der Waals surface area contributed by atoms with Gasteiger partial charge in [0.15, 0.2) is 0 Å². The predicted octanol–water partition coefficient (Wildman–Crippen LogP) is 2.80. The van der Waals surface area contributed by atoms with Crippen molar-refractivity contribution in [2.45, 2.75) is 0 Å². The van der Waals surface area contributed by atoms with Crippen LogP contribution in [0, 0.1) is 0 Å². The molecule has 1 aliphatic heterocycles. The van der Waals surface area contributed by atoms with Gasteiger partial charge in [-0.1, -0.05) is 6.58 Å². The van der Waals surface area contributed by atoms with E-state index < -0.39 is 0 Å². The second-order valence-electron chi connectivity index (χ2n) is 5.41. The van der Waals surface area contributed by atoms with Crippen LogP contribution in [0.25, 0.3) is 29.1 Å². The number of nitrogens with zero attached hydrogens (tertiary/aromatic N) is 2. The lowest BCUT2D eigenvalue weighted by molar-refractivity contribution is 0.415. The quantitative estimate of drug-likeness (QED) is 0.619. The standard InChI is InChI=1S/C19H14N2O2/c1-11-9-16(12-3-6-14(23-2)7-4-12)20-19-15-8-5-13(22)10-17(15)21-18(11)19/h3-10,22H,1H2,2H3. The highest BCUT2D eigenvalue weighted by atomic mass is 16.5. The third kappa shape index (κ3) is 2.16. The van der Waals surface area contributed by atoms with E-state index in [1.807, 2.05) is 36.4 Å². The second kappa shape index (κ2) is 4.95. The molecule has 1 N–H and O–H groups in total. The fraction of sp³-hybridized carbons (Fsp3) is 0.0526. The van der Waals surface area contributed by atoms with E-state index in [0.717, 1.165) is 44.5 Å². The Bertz CT molecular complexity index is 1020. The Kier molecular flexibility index (Phi) is 2.91. The molecule has 0 fully saturated rings. The topological polar surface area (TPSA) is 54.7 Å². The number of phenols is 1. The van der Waals surface area contributed by atoms with Crippen molar-refractivity contribution in [3.63, 3.8) is 0 Å². The predicted molar refractivity (Wildman–Crippen MR) is 89.3 cm³/mol. The number of phenolic OH excluding ortho intramolecular Hbond substituents is 1. The minimum atomic E-state index is 0.196. The van der Waals surface area contributed by atoms with Gasteiger partial charge in [-0.2, -0.15) is 0 Å². The number of hydrogen-bond acceptors (Lipinski definition) is 4. The van der Waals surface area contributed by atoms with Crippen LogP contribution in [-0.4, -0.2) is 17.2 Å². The first-order valence-electron chi connectivity index (χ1n) is 7.22. The Morgan fingerprint density at radius 2 is 1.83 bits per heavy atom. The number of methoxy groups -OCH3 is 1. The molecule has 23 heavy (non-hydrogen) atoms. The summed E-state index contributed by atoms with van der Waals surface area (Å²) >= 11 is 0. The molecule has 0 spiro atoms. The van der Waals surface area contributed by atoms with Crippen molar-refractivity contribution >= 4 is 12.3 Å². The van der Waals surface area contributed by atoms with E-state index in [1.165, 1.54) is 0 Å². The monoisotopic (exact) mass is 302 g/mol. The first kappa shape index (κ1) is 13.5. The van der Waals surface area contributed by atoms with Crippen molar-refractivity contribution in [3.05, 3.63) is 59.1 Å². The Balaban J connectivity index is 1.90. The molecule has 0 amide bonds. The van der Waals surface area contributed by atoms with E-state index in [1.54, 1.807) is 19.2 Å². The van der Waals surface area contributed by atoms with Gasteiger partial charge >= 0.3 is 0 Å². The van der Waals surface area contributed by atoms with Crippen LogP contribution in [-0.2, 0) is 0 Å². The third-order valence-electron chi connectivity index (χ3n) is 3.93. The number of benzene rings is 2. The van der Waals surface area contributed by atoms with Crippen molar-refractivity contribution in [3.8, 4) is 34.0 Å². The minimum absolute atomic E-state index is 0.196. The molecule has 1 aromatic heterocycles. The summed E-state index contributed by atoms with van der Waals surface area (Å²) in [7, 11) is 1.64. The van der Waals surface area contributed by atoms with Crippen molar-refractivity contribution in [1.29, 1.82) is 0 Å². The zero-order valence-corrected chi connectivity index (χ0v) is 12.6. The van der Waals surface area contributed by atoms with Gasteiger partial charge in [-0.25, -0.2) is 9.98 Å². The van der Waals surface area contributed by atoms with Crippen LogP contribution in [0.1, 0.15) is 0 Å². The Morgan fingerprint density at radius 3 is 2.57 bits per heavy atom. The molecule has 0 bridgehead atoms. The van der Waals surface area contributed by atoms with Crippen LogP contribution < -0.4 is 15.3 Å². The summed E-state index contributed by atoms with van der Waals surface area (Å²) in [5.74, 6) is 1.00. The highest BCUT2D eigenvalue weighted by molar-refractivity contribution is 5.79. The maximum Gasteiger partial charge on any atom is 0.118 e. The van der Waals surface area contributed by atoms with Crippen LogP contribution in [0.3, 0.4) is 0 Å².